The van der Waals surface area contributed by atoms with E-state index in [2.05, 4.69) is 0 Å². The fourth-order valence-corrected chi connectivity index (χ4v) is 3.58. The number of nitro groups is 1. The number of hydrogen-bond acceptors (Lipinski definition) is 5. The zero-order chi connectivity index (χ0) is 16.2. The smallest absolute Gasteiger partial charge is 0.258 e. The quantitative estimate of drug-likeness (QED) is 0.588. The van der Waals surface area contributed by atoms with Crippen LogP contribution in [0.15, 0.2) is 23.1 Å². The van der Waals surface area contributed by atoms with Gasteiger partial charge >= 0.3 is 0 Å². The molecule has 0 saturated heterocycles. The Morgan fingerprint density at radius 3 is 2.62 bits per heavy atom. The van der Waals surface area contributed by atoms with E-state index in [1.807, 2.05) is 6.07 Å². The van der Waals surface area contributed by atoms with Gasteiger partial charge in [-0.2, -0.15) is 9.57 Å². The highest BCUT2D eigenvalue weighted by Crippen LogP contribution is 2.29. The highest BCUT2D eigenvalue weighted by Gasteiger charge is 2.31. The summed E-state index contributed by atoms with van der Waals surface area (Å²) in [6.07, 6.45) is 0. The van der Waals surface area contributed by atoms with E-state index in [-0.39, 0.29) is 18.1 Å². The third-order valence-electron chi connectivity index (χ3n) is 2.79. The standard InChI is InChI=1S/C12H14ClN3O4S/c1-3-15(8-9(2)7-14)21(19,20)12-5-4-10(13)6-11(12)16(17)18/h4-6,9H,3,8H2,1-2H3. The molecule has 1 rings (SSSR count). The first-order chi connectivity index (χ1) is 9.73. The maximum Gasteiger partial charge on any atom is 0.290 e. The van der Waals surface area contributed by atoms with Crippen LogP contribution in [0.3, 0.4) is 0 Å². The van der Waals surface area contributed by atoms with E-state index in [1.54, 1.807) is 13.8 Å². The van der Waals surface area contributed by atoms with Crippen molar-refractivity contribution in [3.05, 3.63) is 33.3 Å². The predicted molar refractivity (Wildman–Crippen MR) is 77.3 cm³/mol. The Morgan fingerprint density at radius 2 is 2.14 bits per heavy atom. The van der Waals surface area contributed by atoms with Crippen molar-refractivity contribution in [2.75, 3.05) is 13.1 Å². The second-order valence-electron chi connectivity index (χ2n) is 4.35. The topological polar surface area (TPSA) is 104 Å². The van der Waals surface area contributed by atoms with Gasteiger partial charge in [0.15, 0.2) is 4.90 Å². The molecule has 0 saturated carbocycles. The largest absolute Gasteiger partial charge is 0.290 e. The Labute approximate surface area is 127 Å². The maximum atomic E-state index is 12.5. The summed E-state index contributed by atoms with van der Waals surface area (Å²) in [5, 5.41) is 19.9. The van der Waals surface area contributed by atoms with Crippen LogP contribution in [0.2, 0.25) is 5.02 Å². The lowest BCUT2D eigenvalue weighted by molar-refractivity contribution is -0.387. The third-order valence-corrected chi connectivity index (χ3v) is 5.01. The van der Waals surface area contributed by atoms with E-state index in [1.165, 1.54) is 6.07 Å². The van der Waals surface area contributed by atoms with Crippen LogP contribution >= 0.6 is 11.6 Å². The molecule has 1 aromatic rings. The number of benzene rings is 1. The second-order valence-corrected chi connectivity index (χ2v) is 6.70. The summed E-state index contributed by atoms with van der Waals surface area (Å²) in [5.74, 6) is -0.522. The van der Waals surface area contributed by atoms with Crippen molar-refractivity contribution in [2.45, 2.75) is 18.7 Å². The Kier molecular flexibility index (Phi) is 5.66. The fraction of sp³-hybridized carbons (Fsp3) is 0.417. The van der Waals surface area contributed by atoms with Crippen LogP contribution in [0, 0.1) is 27.4 Å². The van der Waals surface area contributed by atoms with Gasteiger partial charge in [0, 0.05) is 24.2 Å². The monoisotopic (exact) mass is 331 g/mol. The number of nitriles is 1. The normalized spacial score (nSPS) is 12.9. The minimum atomic E-state index is -4.07. The van der Waals surface area contributed by atoms with Crippen LogP contribution in [0.25, 0.3) is 0 Å². The number of sulfonamides is 1. The van der Waals surface area contributed by atoms with E-state index >= 15 is 0 Å². The van der Waals surface area contributed by atoms with Crippen LogP contribution in [-0.4, -0.2) is 30.7 Å². The van der Waals surface area contributed by atoms with E-state index in [4.69, 9.17) is 16.9 Å². The zero-order valence-electron chi connectivity index (χ0n) is 11.5. The van der Waals surface area contributed by atoms with Gasteiger partial charge in [-0.3, -0.25) is 10.1 Å². The van der Waals surface area contributed by atoms with E-state index in [0.29, 0.717) is 0 Å². The van der Waals surface area contributed by atoms with Gasteiger partial charge in [-0.25, -0.2) is 8.42 Å². The third kappa shape index (κ3) is 3.91. The molecular formula is C12H14ClN3O4S. The molecule has 21 heavy (non-hydrogen) atoms. The lowest BCUT2D eigenvalue weighted by Crippen LogP contribution is -2.34. The molecule has 7 nitrogen and oxygen atoms in total. The molecule has 0 N–H and O–H groups in total. The average Bonchev–Trinajstić information content (AvgIpc) is 2.43. The summed E-state index contributed by atoms with van der Waals surface area (Å²) < 4.78 is 26.1. The number of nitro benzene ring substituents is 1. The second kappa shape index (κ2) is 6.85. The predicted octanol–water partition coefficient (Wildman–Crippen LogP) is 2.42. The maximum absolute atomic E-state index is 12.5. The van der Waals surface area contributed by atoms with Crippen molar-refractivity contribution in [1.29, 1.82) is 5.26 Å². The molecule has 1 aromatic carbocycles. The molecule has 0 fully saturated rings. The summed E-state index contributed by atoms with van der Waals surface area (Å²) >= 11 is 5.68. The minimum absolute atomic E-state index is 0.0326. The van der Waals surface area contributed by atoms with Crippen molar-refractivity contribution in [3.63, 3.8) is 0 Å². The van der Waals surface area contributed by atoms with Gasteiger partial charge in [-0.1, -0.05) is 18.5 Å². The van der Waals surface area contributed by atoms with Gasteiger partial charge in [-0.15, -0.1) is 0 Å². The molecule has 9 heteroatoms. The lowest BCUT2D eigenvalue weighted by atomic mass is 10.2. The minimum Gasteiger partial charge on any atom is -0.258 e. The Hall–Kier alpha value is -1.69. The fourth-order valence-electron chi connectivity index (χ4n) is 1.73. The highest BCUT2D eigenvalue weighted by molar-refractivity contribution is 7.89. The molecule has 0 aliphatic rings. The van der Waals surface area contributed by atoms with Crippen LogP contribution in [0.4, 0.5) is 5.69 Å². The van der Waals surface area contributed by atoms with Gasteiger partial charge in [0.05, 0.1) is 16.9 Å². The van der Waals surface area contributed by atoms with E-state index < -0.39 is 31.4 Å². The van der Waals surface area contributed by atoms with Gasteiger partial charge < -0.3 is 0 Å². The Morgan fingerprint density at radius 1 is 1.52 bits per heavy atom. The first-order valence-corrected chi connectivity index (χ1v) is 7.89. The lowest BCUT2D eigenvalue weighted by Gasteiger charge is -2.21. The Bertz CT molecular complexity index is 684. The number of rotatable bonds is 6. The summed E-state index contributed by atoms with van der Waals surface area (Å²) in [6, 6.07) is 5.32. The van der Waals surface area contributed by atoms with Crippen LogP contribution in [-0.2, 0) is 10.0 Å². The van der Waals surface area contributed by atoms with Crippen LogP contribution in [0.1, 0.15) is 13.8 Å². The molecule has 0 aliphatic carbocycles. The van der Waals surface area contributed by atoms with Crippen LogP contribution in [0.5, 0.6) is 0 Å². The van der Waals surface area contributed by atoms with Gasteiger partial charge in [-0.05, 0) is 19.1 Å². The average molecular weight is 332 g/mol. The SMILES string of the molecule is CCN(CC(C)C#N)S(=O)(=O)c1ccc(Cl)cc1[N+](=O)[O-]. The molecular weight excluding hydrogens is 318 g/mol. The molecule has 1 atom stereocenters. The molecule has 1 unspecified atom stereocenters. The summed E-state index contributed by atoms with van der Waals surface area (Å²) in [6.45, 7) is 3.25. The van der Waals surface area contributed by atoms with Gasteiger partial charge in [0.25, 0.3) is 5.69 Å². The van der Waals surface area contributed by atoms with Gasteiger partial charge in [0.1, 0.15) is 0 Å². The van der Waals surface area contributed by atoms with Crippen molar-refractivity contribution in [3.8, 4) is 6.07 Å². The summed E-state index contributed by atoms with van der Waals surface area (Å²) in [4.78, 5) is 9.80. The van der Waals surface area contributed by atoms with E-state index in [0.717, 1.165) is 16.4 Å². The number of hydrogen-bond donors (Lipinski definition) is 0. The molecule has 0 amide bonds. The molecule has 114 valence electrons. The van der Waals surface area contributed by atoms with Crippen molar-refractivity contribution >= 4 is 27.3 Å². The summed E-state index contributed by atoms with van der Waals surface area (Å²) in [5.41, 5.74) is -0.578. The summed E-state index contributed by atoms with van der Waals surface area (Å²) in [7, 11) is -4.07. The zero-order valence-corrected chi connectivity index (χ0v) is 13.1. The van der Waals surface area contributed by atoms with Gasteiger partial charge in [0.2, 0.25) is 10.0 Å². The number of nitrogens with zero attached hydrogens (tertiary/aromatic N) is 3. The van der Waals surface area contributed by atoms with Crippen molar-refractivity contribution < 1.29 is 13.3 Å². The molecule has 0 aromatic heterocycles. The molecule has 0 spiro atoms. The Balaban J connectivity index is 3.36. The molecule has 0 bridgehead atoms. The molecule has 0 radical (unpaired) electrons. The molecule has 0 aliphatic heterocycles. The van der Waals surface area contributed by atoms with Crippen molar-refractivity contribution in [2.24, 2.45) is 5.92 Å². The van der Waals surface area contributed by atoms with E-state index in [9.17, 15) is 18.5 Å². The van der Waals surface area contributed by atoms with Crippen molar-refractivity contribution in [1.82, 2.24) is 4.31 Å². The molecule has 0 heterocycles. The number of halogens is 1. The highest BCUT2D eigenvalue weighted by atomic mass is 35.5. The van der Waals surface area contributed by atoms with Crippen LogP contribution < -0.4 is 0 Å². The first-order valence-electron chi connectivity index (χ1n) is 6.07. The first kappa shape index (κ1) is 17.4.